The predicted octanol–water partition coefficient (Wildman–Crippen LogP) is 2.47. The van der Waals surface area contributed by atoms with Crippen LogP contribution in [-0.4, -0.2) is 56.9 Å². The van der Waals surface area contributed by atoms with Crippen molar-refractivity contribution in [2.75, 3.05) is 32.9 Å². The smallest absolute Gasteiger partial charge is 0.251 e. The zero-order valence-electron chi connectivity index (χ0n) is 18.0. The van der Waals surface area contributed by atoms with Crippen molar-refractivity contribution in [3.63, 3.8) is 0 Å². The highest BCUT2D eigenvalue weighted by atomic mass is 16.5. The molecule has 3 N–H and O–H groups in total. The molecular weight excluding hydrogens is 368 g/mol. The van der Waals surface area contributed by atoms with Crippen LogP contribution < -0.4 is 16.0 Å². The van der Waals surface area contributed by atoms with Gasteiger partial charge in [-0.15, -0.1) is 0 Å². The molecule has 162 valence electrons. The Balaban J connectivity index is 1.75. The van der Waals surface area contributed by atoms with E-state index in [0.29, 0.717) is 12.1 Å². The Morgan fingerprint density at radius 2 is 2.07 bits per heavy atom. The zero-order chi connectivity index (χ0) is 20.9. The van der Waals surface area contributed by atoms with Gasteiger partial charge in [-0.2, -0.15) is 0 Å². The quantitative estimate of drug-likeness (QED) is 0.300. The summed E-state index contributed by atoms with van der Waals surface area (Å²) in [5, 5.41) is 9.57. The van der Waals surface area contributed by atoms with E-state index in [1.807, 2.05) is 38.1 Å². The lowest BCUT2D eigenvalue weighted by molar-refractivity contribution is 0.0420. The predicted molar refractivity (Wildman–Crippen MR) is 116 cm³/mol. The first-order valence-corrected chi connectivity index (χ1v) is 10.7. The van der Waals surface area contributed by atoms with E-state index in [1.54, 1.807) is 0 Å². The van der Waals surface area contributed by atoms with Gasteiger partial charge < -0.3 is 25.4 Å². The van der Waals surface area contributed by atoms with E-state index in [4.69, 9.17) is 9.47 Å². The molecule has 0 radical (unpaired) electrons. The highest BCUT2D eigenvalue weighted by Gasteiger charge is 2.15. The number of amides is 1. The Bertz CT molecular complexity index is 627. The minimum absolute atomic E-state index is 0.0317. The molecule has 1 fully saturated rings. The average Bonchev–Trinajstić information content (AvgIpc) is 3.25. The van der Waals surface area contributed by atoms with Crippen LogP contribution in [0.1, 0.15) is 56.0 Å². The Kier molecular flexibility index (Phi) is 10.5. The van der Waals surface area contributed by atoms with Gasteiger partial charge in [0.05, 0.1) is 19.3 Å². The first-order valence-electron chi connectivity index (χ1n) is 10.7. The van der Waals surface area contributed by atoms with Crippen molar-refractivity contribution in [3.05, 3.63) is 35.4 Å². The van der Waals surface area contributed by atoms with Gasteiger partial charge in [-0.05, 0) is 50.8 Å². The van der Waals surface area contributed by atoms with Crippen LogP contribution in [0.4, 0.5) is 0 Å². The SMILES string of the molecule is CCNC(=NCc1ccc(C(=O)NC(C)CC)cc1)NCCCOC1CCOC1. The van der Waals surface area contributed by atoms with Crippen molar-refractivity contribution < 1.29 is 14.3 Å². The molecule has 7 heteroatoms. The van der Waals surface area contributed by atoms with Gasteiger partial charge >= 0.3 is 0 Å². The third-order valence-electron chi connectivity index (χ3n) is 4.82. The number of nitrogens with zero attached hydrogens (tertiary/aromatic N) is 1. The fraction of sp³-hybridized carbons (Fsp3) is 0.636. The number of nitrogens with one attached hydrogen (secondary N) is 3. The molecule has 2 rings (SSSR count). The second-order valence-electron chi connectivity index (χ2n) is 7.31. The van der Waals surface area contributed by atoms with Crippen molar-refractivity contribution in [2.24, 2.45) is 4.99 Å². The maximum absolute atomic E-state index is 12.2. The minimum Gasteiger partial charge on any atom is -0.379 e. The molecule has 7 nitrogen and oxygen atoms in total. The van der Waals surface area contributed by atoms with Crippen molar-refractivity contribution >= 4 is 11.9 Å². The maximum atomic E-state index is 12.2. The van der Waals surface area contributed by atoms with Gasteiger partial charge in [0.15, 0.2) is 5.96 Å². The summed E-state index contributed by atoms with van der Waals surface area (Å²) < 4.78 is 11.1. The molecule has 1 aliphatic heterocycles. The van der Waals surface area contributed by atoms with Crippen molar-refractivity contribution in [1.82, 2.24) is 16.0 Å². The van der Waals surface area contributed by atoms with Crippen LogP contribution in [0.3, 0.4) is 0 Å². The third kappa shape index (κ3) is 8.83. The highest BCUT2D eigenvalue weighted by molar-refractivity contribution is 5.94. The van der Waals surface area contributed by atoms with E-state index < -0.39 is 0 Å². The fourth-order valence-corrected chi connectivity index (χ4v) is 2.86. The van der Waals surface area contributed by atoms with E-state index in [-0.39, 0.29) is 18.1 Å². The Morgan fingerprint density at radius 3 is 2.72 bits per heavy atom. The van der Waals surface area contributed by atoms with Crippen LogP contribution in [0.2, 0.25) is 0 Å². The Hall–Kier alpha value is -2.12. The van der Waals surface area contributed by atoms with Gasteiger partial charge in [-0.25, -0.2) is 4.99 Å². The maximum Gasteiger partial charge on any atom is 0.251 e. The molecule has 1 aliphatic rings. The average molecular weight is 405 g/mol. The van der Waals surface area contributed by atoms with Crippen LogP contribution in [0, 0.1) is 0 Å². The van der Waals surface area contributed by atoms with E-state index in [0.717, 1.165) is 63.7 Å². The molecule has 2 atom stereocenters. The molecule has 1 aromatic carbocycles. The molecule has 2 unspecified atom stereocenters. The monoisotopic (exact) mass is 404 g/mol. The summed E-state index contributed by atoms with van der Waals surface area (Å²) in [5.41, 5.74) is 1.74. The second-order valence-corrected chi connectivity index (χ2v) is 7.31. The van der Waals surface area contributed by atoms with Crippen molar-refractivity contribution in [3.8, 4) is 0 Å². The molecule has 1 heterocycles. The van der Waals surface area contributed by atoms with E-state index >= 15 is 0 Å². The van der Waals surface area contributed by atoms with Crippen LogP contribution >= 0.6 is 0 Å². The van der Waals surface area contributed by atoms with Gasteiger partial charge in [-0.3, -0.25) is 4.79 Å². The molecule has 1 amide bonds. The van der Waals surface area contributed by atoms with Gasteiger partial charge in [0.25, 0.3) is 5.91 Å². The minimum atomic E-state index is -0.0317. The standard InChI is InChI=1S/C22H36N4O3/c1-4-17(3)26-21(27)19-9-7-18(8-10-19)15-25-22(23-5-2)24-12-6-13-29-20-11-14-28-16-20/h7-10,17,20H,4-6,11-16H2,1-3H3,(H,26,27)(H2,23,24,25). The normalized spacial score (nSPS) is 17.8. The van der Waals surface area contributed by atoms with Gasteiger partial charge in [0.1, 0.15) is 0 Å². The molecule has 29 heavy (non-hydrogen) atoms. The van der Waals surface area contributed by atoms with Crippen LogP contribution in [-0.2, 0) is 16.0 Å². The van der Waals surface area contributed by atoms with Crippen molar-refractivity contribution in [2.45, 2.75) is 58.7 Å². The summed E-state index contributed by atoms with van der Waals surface area (Å²) in [6, 6.07) is 7.80. The summed E-state index contributed by atoms with van der Waals surface area (Å²) in [5.74, 6) is 0.756. The van der Waals surface area contributed by atoms with E-state index in [9.17, 15) is 4.79 Å². The molecule has 0 spiro atoms. The van der Waals surface area contributed by atoms with Crippen LogP contribution in [0.25, 0.3) is 0 Å². The zero-order valence-corrected chi connectivity index (χ0v) is 18.0. The number of ether oxygens (including phenoxy) is 2. The molecular formula is C22H36N4O3. The van der Waals surface area contributed by atoms with Crippen molar-refractivity contribution in [1.29, 1.82) is 0 Å². The topological polar surface area (TPSA) is 84.0 Å². The summed E-state index contributed by atoms with van der Waals surface area (Å²) >= 11 is 0. The van der Waals surface area contributed by atoms with E-state index in [2.05, 4.69) is 27.9 Å². The lowest BCUT2D eigenvalue weighted by Gasteiger charge is -2.13. The number of hydrogen-bond donors (Lipinski definition) is 3. The van der Waals surface area contributed by atoms with Crippen LogP contribution in [0.5, 0.6) is 0 Å². The number of carbonyl (C=O) groups is 1. The first kappa shape index (κ1) is 23.2. The fourth-order valence-electron chi connectivity index (χ4n) is 2.86. The highest BCUT2D eigenvalue weighted by Crippen LogP contribution is 2.08. The molecule has 1 aromatic rings. The largest absolute Gasteiger partial charge is 0.379 e. The molecule has 0 bridgehead atoms. The number of guanidine groups is 1. The Labute approximate surface area is 174 Å². The summed E-state index contributed by atoms with van der Waals surface area (Å²) in [7, 11) is 0. The summed E-state index contributed by atoms with van der Waals surface area (Å²) in [6.45, 7) is 10.5. The first-order chi connectivity index (χ1) is 14.1. The van der Waals surface area contributed by atoms with E-state index in [1.165, 1.54) is 0 Å². The lowest BCUT2D eigenvalue weighted by Crippen LogP contribution is -2.38. The Morgan fingerprint density at radius 1 is 1.28 bits per heavy atom. The van der Waals surface area contributed by atoms with Gasteiger partial charge in [0, 0.05) is 37.9 Å². The number of aliphatic imine (C=N–C) groups is 1. The summed E-state index contributed by atoms with van der Waals surface area (Å²) in [4.78, 5) is 16.8. The third-order valence-corrected chi connectivity index (χ3v) is 4.82. The second kappa shape index (κ2) is 13.2. The molecule has 0 saturated carbocycles. The molecule has 0 aliphatic carbocycles. The number of benzene rings is 1. The summed E-state index contributed by atoms with van der Waals surface area (Å²) in [6.07, 6.45) is 3.09. The molecule has 0 aromatic heterocycles. The lowest BCUT2D eigenvalue weighted by atomic mass is 10.1. The molecule has 1 saturated heterocycles. The van der Waals surface area contributed by atoms with Gasteiger partial charge in [-0.1, -0.05) is 19.1 Å². The van der Waals surface area contributed by atoms with Crippen LogP contribution in [0.15, 0.2) is 29.3 Å². The number of carbonyl (C=O) groups excluding carboxylic acids is 1. The number of hydrogen-bond acceptors (Lipinski definition) is 4. The van der Waals surface area contributed by atoms with Gasteiger partial charge in [0.2, 0.25) is 0 Å². The number of rotatable bonds is 11.